The molecule has 4 heteroatoms. The number of hydrogen-bond acceptors (Lipinski definition) is 1. The Balaban J connectivity index is 1.95. The molecule has 4 N–H and O–H groups in total. The molecule has 0 aliphatic heterocycles. The van der Waals surface area contributed by atoms with Crippen molar-refractivity contribution in [3.63, 3.8) is 0 Å². The van der Waals surface area contributed by atoms with Gasteiger partial charge in [-0.15, -0.1) is 0 Å². The Labute approximate surface area is 140 Å². The highest BCUT2D eigenvalue weighted by Crippen LogP contribution is 2.25. The van der Waals surface area contributed by atoms with Crippen LogP contribution in [0.15, 0.2) is 77.8 Å². The van der Waals surface area contributed by atoms with Crippen molar-refractivity contribution >= 4 is 22.6 Å². The van der Waals surface area contributed by atoms with Gasteiger partial charge in [0.1, 0.15) is 0 Å². The summed E-state index contributed by atoms with van der Waals surface area (Å²) in [7, 11) is 0. The van der Waals surface area contributed by atoms with E-state index in [1.54, 1.807) is 0 Å². The predicted octanol–water partition coefficient (Wildman–Crippen LogP) is 2.97. The maximum atomic E-state index is 12.5. The van der Waals surface area contributed by atoms with Crippen molar-refractivity contribution in [2.75, 3.05) is 0 Å². The van der Waals surface area contributed by atoms with Crippen molar-refractivity contribution in [3.05, 3.63) is 83.9 Å². The van der Waals surface area contributed by atoms with E-state index in [0.717, 1.165) is 16.5 Å². The van der Waals surface area contributed by atoms with Crippen LogP contribution in [0.4, 0.5) is 0 Å². The lowest BCUT2D eigenvalue weighted by molar-refractivity contribution is -0.119. The molecule has 24 heavy (non-hydrogen) atoms. The fraction of sp³-hybridized carbons (Fsp3) is 0.100. The summed E-state index contributed by atoms with van der Waals surface area (Å²) < 4.78 is 0. The van der Waals surface area contributed by atoms with Crippen LogP contribution >= 0.6 is 0 Å². The normalized spacial score (nSPS) is 11.8. The molecule has 0 aliphatic carbocycles. The highest BCUT2D eigenvalue weighted by Gasteiger charge is 2.21. The van der Waals surface area contributed by atoms with Gasteiger partial charge < -0.3 is 11.5 Å². The summed E-state index contributed by atoms with van der Waals surface area (Å²) in [6.45, 7) is 0. The molecule has 1 amide bonds. The molecule has 1 atom stereocenters. The molecule has 3 aromatic rings. The molecule has 3 rings (SSSR count). The van der Waals surface area contributed by atoms with Gasteiger partial charge in [0.05, 0.1) is 5.92 Å². The fourth-order valence-corrected chi connectivity index (χ4v) is 2.84. The van der Waals surface area contributed by atoms with Crippen LogP contribution in [-0.2, 0) is 11.2 Å². The molecule has 0 aliphatic rings. The molecule has 4 nitrogen and oxygen atoms in total. The van der Waals surface area contributed by atoms with E-state index in [4.69, 9.17) is 11.5 Å². The van der Waals surface area contributed by atoms with Gasteiger partial charge in [-0.25, -0.2) is 0 Å². The van der Waals surface area contributed by atoms with Gasteiger partial charge >= 0.3 is 0 Å². The average Bonchev–Trinajstić information content (AvgIpc) is 2.59. The summed E-state index contributed by atoms with van der Waals surface area (Å²) >= 11 is 0. The second-order valence-electron chi connectivity index (χ2n) is 5.72. The fourth-order valence-electron chi connectivity index (χ4n) is 2.84. The molecular formula is C20H19N3O. The Morgan fingerprint density at radius 1 is 0.875 bits per heavy atom. The highest BCUT2D eigenvalue weighted by molar-refractivity contribution is 5.95. The van der Waals surface area contributed by atoms with E-state index in [0.29, 0.717) is 6.42 Å². The number of hydrogen-bond donors (Lipinski definition) is 2. The third-order valence-electron chi connectivity index (χ3n) is 3.99. The molecule has 0 unspecified atom stereocenters. The Bertz CT molecular complexity index is 884. The molecule has 0 saturated heterocycles. The zero-order valence-electron chi connectivity index (χ0n) is 13.2. The first kappa shape index (κ1) is 15.7. The molecule has 0 spiro atoms. The van der Waals surface area contributed by atoms with Gasteiger partial charge in [-0.3, -0.25) is 4.79 Å². The maximum Gasteiger partial charge on any atom is 0.256 e. The lowest BCUT2D eigenvalue weighted by Gasteiger charge is -2.14. The van der Waals surface area contributed by atoms with Gasteiger partial charge in [0.15, 0.2) is 5.96 Å². The molecule has 0 aromatic heterocycles. The molecule has 0 saturated carbocycles. The van der Waals surface area contributed by atoms with Crippen LogP contribution in [0.25, 0.3) is 10.8 Å². The Hall–Kier alpha value is -3.14. The van der Waals surface area contributed by atoms with Crippen molar-refractivity contribution in [1.29, 1.82) is 0 Å². The van der Waals surface area contributed by atoms with Crippen LogP contribution in [0, 0.1) is 0 Å². The quantitative estimate of drug-likeness (QED) is 0.573. The Morgan fingerprint density at radius 2 is 1.54 bits per heavy atom. The molecular weight excluding hydrogens is 298 g/mol. The zero-order chi connectivity index (χ0) is 16.9. The Kier molecular flexibility index (Phi) is 4.57. The summed E-state index contributed by atoms with van der Waals surface area (Å²) in [5, 5.41) is 2.32. The number of carbonyl (C=O) groups excluding carboxylic acids is 1. The first-order chi connectivity index (χ1) is 11.6. The van der Waals surface area contributed by atoms with E-state index < -0.39 is 5.92 Å². The number of carbonyl (C=O) groups is 1. The lowest BCUT2D eigenvalue weighted by atomic mass is 9.90. The van der Waals surface area contributed by atoms with Gasteiger partial charge in [-0.1, -0.05) is 72.8 Å². The summed E-state index contributed by atoms with van der Waals surface area (Å²) in [5.74, 6) is -0.941. The van der Waals surface area contributed by atoms with Crippen molar-refractivity contribution in [2.24, 2.45) is 16.5 Å². The van der Waals surface area contributed by atoms with Crippen LogP contribution in [0.5, 0.6) is 0 Å². The van der Waals surface area contributed by atoms with Gasteiger partial charge in [-0.05, 0) is 28.3 Å². The van der Waals surface area contributed by atoms with Crippen LogP contribution in [0.3, 0.4) is 0 Å². The van der Waals surface area contributed by atoms with Crippen LogP contribution in [-0.4, -0.2) is 11.9 Å². The minimum Gasteiger partial charge on any atom is -0.370 e. The predicted molar refractivity (Wildman–Crippen MR) is 97.7 cm³/mol. The number of amides is 1. The lowest BCUT2D eigenvalue weighted by Crippen LogP contribution is -2.26. The standard InChI is InChI=1S/C20H19N3O/c21-20(22)23-19(24)18(16-7-2-1-3-8-16)13-14-10-11-15-6-4-5-9-17(15)12-14/h1-12,18H,13H2,(H4,21,22,23,24)/t18-/m0/s1. The molecule has 3 aromatic carbocycles. The summed E-state index contributed by atoms with van der Waals surface area (Å²) in [5.41, 5.74) is 12.7. The van der Waals surface area contributed by atoms with Gasteiger partial charge in [0.2, 0.25) is 0 Å². The van der Waals surface area contributed by atoms with Crippen LogP contribution < -0.4 is 11.5 Å². The third kappa shape index (κ3) is 3.60. The molecule has 0 radical (unpaired) electrons. The van der Waals surface area contributed by atoms with Gasteiger partial charge in [0, 0.05) is 0 Å². The number of aliphatic imine (C=N–C) groups is 1. The molecule has 0 fully saturated rings. The third-order valence-corrected chi connectivity index (χ3v) is 3.99. The van der Waals surface area contributed by atoms with E-state index in [1.807, 2.05) is 48.5 Å². The summed E-state index contributed by atoms with van der Waals surface area (Å²) in [6, 6.07) is 23.9. The second-order valence-corrected chi connectivity index (χ2v) is 5.72. The maximum absolute atomic E-state index is 12.5. The molecule has 0 bridgehead atoms. The first-order valence-electron chi connectivity index (χ1n) is 7.79. The van der Waals surface area contributed by atoms with Crippen molar-refractivity contribution in [2.45, 2.75) is 12.3 Å². The number of rotatable bonds is 4. The van der Waals surface area contributed by atoms with E-state index in [2.05, 4.69) is 29.3 Å². The molecule has 0 heterocycles. The monoisotopic (exact) mass is 317 g/mol. The van der Waals surface area contributed by atoms with Crippen molar-refractivity contribution in [3.8, 4) is 0 Å². The summed E-state index contributed by atoms with van der Waals surface area (Å²) in [6.07, 6.45) is 0.546. The first-order valence-corrected chi connectivity index (χ1v) is 7.79. The molecule has 120 valence electrons. The second kappa shape index (κ2) is 6.96. The number of fused-ring (bicyclic) bond motifs is 1. The van der Waals surface area contributed by atoms with Crippen molar-refractivity contribution < 1.29 is 4.79 Å². The average molecular weight is 317 g/mol. The number of nitrogens with zero attached hydrogens (tertiary/aromatic N) is 1. The van der Waals surface area contributed by atoms with Crippen LogP contribution in [0.1, 0.15) is 17.0 Å². The summed E-state index contributed by atoms with van der Waals surface area (Å²) in [4.78, 5) is 16.2. The number of nitrogens with two attached hydrogens (primary N) is 2. The SMILES string of the molecule is NC(N)=NC(=O)[C@@H](Cc1ccc2ccccc2c1)c1ccccc1. The van der Waals surface area contributed by atoms with E-state index in [9.17, 15) is 4.79 Å². The number of benzene rings is 3. The number of guanidine groups is 1. The smallest absolute Gasteiger partial charge is 0.256 e. The van der Waals surface area contributed by atoms with E-state index in [-0.39, 0.29) is 11.9 Å². The van der Waals surface area contributed by atoms with Gasteiger partial charge in [0.25, 0.3) is 5.91 Å². The minimum absolute atomic E-state index is 0.209. The van der Waals surface area contributed by atoms with E-state index >= 15 is 0 Å². The minimum atomic E-state index is -0.408. The topological polar surface area (TPSA) is 81.5 Å². The zero-order valence-corrected chi connectivity index (χ0v) is 13.2. The highest BCUT2D eigenvalue weighted by atomic mass is 16.1. The largest absolute Gasteiger partial charge is 0.370 e. The van der Waals surface area contributed by atoms with E-state index in [1.165, 1.54) is 5.39 Å². The Morgan fingerprint density at radius 3 is 2.25 bits per heavy atom. The van der Waals surface area contributed by atoms with Crippen LogP contribution in [0.2, 0.25) is 0 Å². The van der Waals surface area contributed by atoms with Gasteiger partial charge in [-0.2, -0.15) is 4.99 Å². The van der Waals surface area contributed by atoms with Crippen molar-refractivity contribution in [1.82, 2.24) is 0 Å².